The first-order valence-electron chi connectivity index (χ1n) is 14.2. The number of carboxylic acids is 1. The molecule has 1 fully saturated rings. The Morgan fingerprint density at radius 2 is 1.56 bits per heavy atom. The molecule has 10 heteroatoms. The lowest BCUT2D eigenvalue weighted by molar-refractivity contribution is -0.143. The number of amides is 2. The van der Waals surface area contributed by atoms with Crippen LogP contribution in [0.5, 0.6) is 0 Å². The highest BCUT2D eigenvalue weighted by molar-refractivity contribution is 7.92. The molecular formula is C31H40N2O5S2Si. The van der Waals surface area contributed by atoms with E-state index in [0.29, 0.717) is 42.8 Å². The Hall–Kier alpha value is -2.95. The first kappa shape index (κ1) is 31.0. The molecule has 41 heavy (non-hydrogen) atoms. The van der Waals surface area contributed by atoms with Crippen LogP contribution in [0.2, 0.25) is 25.7 Å². The monoisotopic (exact) mass is 612 g/mol. The molecule has 0 spiro atoms. The molecule has 0 radical (unpaired) electrons. The van der Waals surface area contributed by atoms with Crippen molar-refractivity contribution >= 4 is 46.9 Å². The van der Waals surface area contributed by atoms with Crippen molar-refractivity contribution in [2.24, 2.45) is 5.92 Å². The molecule has 2 amide bonds. The summed E-state index contributed by atoms with van der Waals surface area (Å²) in [6, 6.07) is 20.0. The Labute approximate surface area is 248 Å². The second-order valence-electron chi connectivity index (χ2n) is 12.0. The minimum absolute atomic E-state index is 0.0310. The van der Waals surface area contributed by atoms with E-state index in [9.17, 15) is 23.1 Å². The fourth-order valence-electron chi connectivity index (χ4n) is 5.62. The number of carbonyl (C=O) groups is 2. The number of carboxylic acid groups (broad SMARTS) is 1. The summed E-state index contributed by atoms with van der Waals surface area (Å²) < 4.78 is 26.1. The standard InChI is InChI=1S/C31H40N2O5S2Si/c1-5-32-30(36)33-25-14-12-23(13-15-25)22-8-10-24(11-9-22)27-16-17-28(39-27)31(19-6-7-20-40(31,37)38)26(29(34)35)18-21-41(2,3)4/h8-17,26H,5-7,18-21H2,1-4H3,(H,34,35)(H2,32,33,36)/t26?,31-/m0/s1. The summed E-state index contributed by atoms with van der Waals surface area (Å²) in [5.74, 6) is -1.94. The fourth-order valence-corrected chi connectivity index (χ4v) is 10.9. The molecule has 1 saturated heterocycles. The molecule has 0 aliphatic carbocycles. The molecule has 0 bridgehead atoms. The van der Waals surface area contributed by atoms with E-state index in [-0.39, 0.29) is 11.8 Å². The van der Waals surface area contributed by atoms with Gasteiger partial charge in [-0.3, -0.25) is 4.79 Å². The van der Waals surface area contributed by atoms with Gasteiger partial charge in [0.2, 0.25) is 0 Å². The van der Waals surface area contributed by atoms with E-state index < -0.39 is 34.5 Å². The number of hydrogen-bond donors (Lipinski definition) is 3. The average Bonchev–Trinajstić information content (AvgIpc) is 3.40. The largest absolute Gasteiger partial charge is 0.481 e. The van der Waals surface area contributed by atoms with E-state index in [0.717, 1.165) is 27.6 Å². The molecular weight excluding hydrogens is 573 g/mol. The van der Waals surface area contributed by atoms with Crippen LogP contribution in [-0.4, -0.2) is 45.9 Å². The smallest absolute Gasteiger partial charge is 0.319 e. The number of anilines is 1. The summed E-state index contributed by atoms with van der Waals surface area (Å²) in [6.07, 6.45) is 2.01. The average molecular weight is 613 g/mol. The molecule has 1 aliphatic heterocycles. The molecule has 1 unspecified atom stereocenters. The van der Waals surface area contributed by atoms with E-state index >= 15 is 0 Å². The molecule has 2 atom stereocenters. The van der Waals surface area contributed by atoms with Crippen LogP contribution in [0.1, 0.15) is 37.5 Å². The summed E-state index contributed by atoms with van der Waals surface area (Å²) in [5.41, 5.74) is 3.68. The van der Waals surface area contributed by atoms with Crippen LogP contribution < -0.4 is 10.6 Å². The Bertz CT molecular complexity index is 1480. The van der Waals surface area contributed by atoms with E-state index in [1.54, 1.807) is 0 Å². The topological polar surface area (TPSA) is 113 Å². The zero-order chi connectivity index (χ0) is 29.8. The van der Waals surface area contributed by atoms with Crippen molar-refractivity contribution in [3.05, 3.63) is 65.5 Å². The van der Waals surface area contributed by atoms with Gasteiger partial charge in [-0.25, -0.2) is 13.2 Å². The molecule has 1 aromatic heterocycles. The van der Waals surface area contributed by atoms with Gasteiger partial charge >= 0.3 is 12.0 Å². The van der Waals surface area contributed by atoms with Crippen LogP contribution in [0.15, 0.2) is 60.7 Å². The van der Waals surface area contributed by atoms with Gasteiger partial charge in [0.15, 0.2) is 9.84 Å². The number of hydrogen-bond acceptors (Lipinski definition) is 5. The molecule has 220 valence electrons. The van der Waals surface area contributed by atoms with Crippen molar-refractivity contribution < 1.29 is 23.1 Å². The molecule has 2 aromatic carbocycles. The molecule has 7 nitrogen and oxygen atoms in total. The van der Waals surface area contributed by atoms with Gasteiger partial charge < -0.3 is 15.7 Å². The van der Waals surface area contributed by atoms with Crippen molar-refractivity contribution in [2.45, 2.75) is 63.0 Å². The number of aliphatic carboxylic acids is 1. The highest BCUT2D eigenvalue weighted by Crippen LogP contribution is 2.51. The zero-order valence-electron chi connectivity index (χ0n) is 24.2. The second-order valence-corrected chi connectivity index (χ2v) is 21.0. The van der Waals surface area contributed by atoms with Gasteiger partial charge in [-0.1, -0.05) is 68.5 Å². The van der Waals surface area contributed by atoms with E-state index in [2.05, 4.69) is 30.3 Å². The van der Waals surface area contributed by atoms with Gasteiger partial charge in [0, 0.05) is 30.1 Å². The SMILES string of the molecule is CCNC(=O)Nc1ccc(-c2ccc(-c3ccc([C@@]4(C(CC[Si](C)(C)C)C(=O)O)CCCCS4(=O)=O)s3)cc2)cc1. The van der Waals surface area contributed by atoms with E-state index in [4.69, 9.17) is 0 Å². The lowest BCUT2D eigenvalue weighted by Crippen LogP contribution is -2.49. The first-order chi connectivity index (χ1) is 19.4. The molecule has 2 heterocycles. The van der Waals surface area contributed by atoms with Crippen LogP contribution in [0.25, 0.3) is 21.6 Å². The van der Waals surface area contributed by atoms with Crippen LogP contribution >= 0.6 is 11.3 Å². The molecule has 3 aromatic rings. The molecule has 4 rings (SSSR count). The predicted molar refractivity (Wildman–Crippen MR) is 171 cm³/mol. The lowest BCUT2D eigenvalue weighted by Gasteiger charge is -2.41. The van der Waals surface area contributed by atoms with Gasteiger partial charge in [-0.2, -0.15) is 0 Å². The maximum absolute atomic E-state index is 13.8. The molecule has 1 aliphatic rings. The number of benzene rings is 2. The fraction of sp³-hybridized carbons (Fsp3) is 0.419. The molecule has 0 saturated carbocycles. The quantitative estimate of drug-likeness (QED) is 0.206. The van der Waals surface area contributed by atoms with Crippen LogP contribution in [0, 0.1) is 5.92 Å². The Morgan fingerprint density at radius 1 is 0.951 bits per heavy atom. The number of rotatable bonds is 10. The molecule has 3 N–H and O–H groups in total. The summed E-state index contributed by atoms with van der Waals surface area (Å²) >= 11 is 1.41. The van der Waals surface area contributed by atoms with Crippen LogP contribution in [0.3, 0.4) is 0 Å². The number of carbonyl (C=O) groups excluding carboxylic acids is 1. The number of urea groups is 1. The van der Waals surface area contributed by atoms with Crippen molar-refractivity contribution in [1.82, 2.24) is 5.32 Å². The van der Waals surface area contributed by atoms with Gasteiger partial charge in [0.1, 0.15) is 4.75 Å². The number of nitrogens with one attached hydrogen (secondary N) is 2. The van der Waals surface area contributed by atoms with Gasteiger partial charge in [-0.05, 0) is 67.1 Å². The highest BCUT2D eigenvalue weighted by atomic mass is 32.2. The predicted octanol–water partition coefficient (Wildman–Crippen LogP) is 7.45. The third-order valence-corrected chi connectivity index (χ3v) is 13.7. The van der Waals surface area contributed by atoms with Crippen molar-refractivity contribution in [1.29, 1.82) is 0 Å². The third-order valence-electron chi connectivity index (χ3n) is 7.82. The summed E-state index contributed by atoms with van der Waals surface area (Å²) in [7, 11) is -5.24. The maximum Gasteiger partial charge on any atom is 0.319 e. The third kappa shape index (κ3) is 6.93. The Balaban J connectivity index is 1.62. The van der Waals surface area contributed by atoms with Crippen LogP contribution in [-0.2, 0) is 19.4 Å². The van der Waals surface area contributed by atoms with Gasteiger partial charge in [0.05, 0.1) is 11.7 Å². The summed E-state index contributed by atoms with van der Waals surface area (Å²) in [5, 5.41) is 15.9. The summed E-state index contributed by atoms with van der Waals surface area (Å²) in [6.45, 7) is 8.99. The van der Waals surface area contributed by atoms with Gasteiger partial charge in [-0.15, -0.1) is 11.3 Å². The Morgan fingerprint density at radius 3 is 2.12 bits per heavy atom. The lowest BCUT2D eigenvalue weighted by atomic mass is 9.83. The number of sulfone groups is 1. The normalized spacial score (nSPS) is 19.3. The van der Waals surface area contributed by atoms with Crippen LogP contribution in [0.4, 0.5) is 10.5 Å². The van der Waals surface area contributed by atoms with Gasteiger partial charge in [0.25, 0.3) is 0 Å². The first-order valence-corrected chi connectivity index (χ1v) is 20.3. The van der Waals surface area contributed by atoms with Crippen molar-refractivity contribution in [3.63, 3.8) is 0 Å². The minimum atomic E-state index is -3.66. The second kappa shape index (κ2) is 12.5. The highest BCUT2D eigenvalue weighted by Gasteiger charge is 2.56. The zero-order valence-corrected chi connectivity index (χ0v) is 26.8. The van der Waals surface area contributed by atoms with Crippen molar-refractivity contribution in [2.75, 3.05) is 17.6 Å². The van der Waals surface area contributed by atoms with E-state index in [1.807, 2.05) is 67.6 Å². The maximum atomic E-state index is 13.8. The Kier molecular flexibility index (Phi) is 9.45. The minimum Gasteiger partial charge on any atom is -0.481 e. The number of thiophene rings is 1. The van der Waals surface area contributed by atoms with E-state index in [1.165, 1.54) is 11.3 Å². The summed E-state index contributed by atoms with van der Waals surface area (Å²) in [4.78, 5) is 26.0. The van der Waals surface area contributed by atoms with Crippen molar-refractivity contribution in [3.8, 4) is 21.6 Å².